The first-order valence-corrected chi connectivity index (χ1v) is 17.0. The summed E-state index contributed by atoms with van der Waals surface area (Å²) in [6, 6.07) is 5.71. The van der Waals surface area contributed by atoms with Crippen molar-refractivity contribution >= 4 is 35.0 Å². The molecule has 268 valence electrons. The number of carbonyl (C=O) groups is 2. The molecule has 2 amide bonds. The highest BCUT2D eigenvalue weighted by Crippen LogP contribution is 2.37. The van der Waals surface area contributed by atoms with Crippen LogP contribution >= 0.6 is 23.2 Å². The Bertz CT molecular complexity index is 1670. The van der Waals surface area contributed by atoms with Crippen molar-refractivity contribution in [3.63, 3.8) is 0 Å². The van der Waals surface area contributed by atoms with E-state index in [1.165, 1.54) is 23.5 Å². The quantitative estimate of drug-likeness (QED) is 0.266. The first-order valence-electron chi connectivity index (χ1n) is 16.2. The minimum absolute atomic E-state index is 0.0226. The molecule has 2 unspecified atom stereocenters. The van der Waals surface area contributed by atoms with E-state index in [-0.39, 0.29) is 37.0 Å². The van der Waals surface area contributed by atoms with Crippen molar-refractivity contribution in [2.24, 2.45) is 0 Å². The molecule has 8 nitrogen and oxygen atoms in total. The Balaban J connectivity index is 1.16. The van der Waals surface area contributed by atoms with E-state index < -0.39 is 41.0 Å². The third-order valence-corrected chi connectivity index (χ3v) is 10.6. The minimum atomic E-state index is -5.08. The number of likely N-dealkylation sites (tertiary alicyclic amines) is 2. The van der Waals surface area contributed by atoms with Gasteiger partial charge in [-0.3, -0.25) is 24.4 Å². The van der Waals surface area contributed by atoms with Crippen molar-refractivity contribution < 1.29 is 35.9 Å². The molecule has 3 aliphatic heterocycles. The van der Waals surface area contributed by atoms with Crippen LogP contribution < -0.4 is 0 Å². The van der Waals surface area contributed by atoms with Crippen molar-refractivity contribution in [3.05, 3.63) is 93.0 Å². The molecule has 0 spiro atoms. The van der Waals surface area contributed by atoms with Gasteiger partial charge in [0.1, 0.15) is 5.69 Å². The van der Waals surface area contributed by atoms with E-state index in [2.05, 4.69) is 19.8 Å². The Morgan fingerprint density at radius 2 is 1.40 bits per heavy atom. The molecule has 1 aromatic heterocycles. The number of nitrogens with zero attached hydrogens (tertiary/aromatic N) is 6. The van der Waals surface area contributed by atoms with Gasteiger partial charge in [0, 0.05) is 81.9 Å². The number of alkyl halides is 6. The second kappa shape index (κ2) is 14.6. The number of hydrogen-bond donors (Lipinski definition) is 0. The van der Waals surface area contributed by atoms with E-state index in [9.17, 15) is 35.9 Å². The molecule has 6 rings (SSSR count). The zero-order chi connectivity index (χ0) is 35.8. The summed E-state index contributed by atoms with van der Waals surface area (Å²) in [4.78, 5) is 42.7. The summed E-state index contributed by atoms with van der Waals surface area (Å²) >= 11 is 12.4. The van der Waals surface area contributed by atoms with Gasteiger partial charge in [-0.15, -0.1) is 0 Å². The lowest BCUT2D eigenvalue weighted by molar-refractivity contribution is -0.143. The molecule has 3 atom stereocenters. The fraction of sp³-hybridized carbons (Fsp3) is 0.471. The zero-order valence-corrected chi connectivity index (χ0v) is 28.2. The van der Waals surface area contributed by atoms with Crippen molar-refractivity contribution in [2.75, 3.05) is 45.8 Å². The Morgan fingerprint density at radius 1 is 0.760 bits per heavy atom. The molecule has 4 heterocycles. The standard InChI is InChI=1S/C34H34Cl2F6N6O2/c35-28-2-1-21(14-29(28)36)13-27-18-25(4-8-48(27)31(49)22-15-23(33(37,38)39)17-24(16-22)34(40,41)42)45-9-11-46(12-10-45)26-3-7-47(20-26)32(50)30-19-43-5-6-44-30/h1-2,5-6,14-17,19,25-27H,3-4,7-13,18,20H2/t25?,26-,27?/m1/s1. The number of halogens is 8. The molecule has 0 saturated carbocycles. The van der Waals surface area contributed by atoms with Gasteiger partial charge in [-0.05, 0) is 61.6 Å². The van der Waals surface area contributed by atoms with E-state index in [1.54, 1.807) is 23.1 Å². The van der Waals surface area contributed by atoms with Gasteiger partial charge in [0.15, 0.2) is 0 Å². The number of aromatic nitrogens is 2. The van der Waals surface area contributed by atoms with Crippen LogP contribution in [-0.4, -0.2) is 105 Å². The molecule has 0 radical (unpaired) electrons. The Morgan fingerprint density at radius 3 is 2.00 bits per heavy atom. The van der Waals surface area contributed by atoms with Crippen LogP contribution in [0.25, 0.3) is 0 Å². The maximum absolute atomic E-state index is 13.8. The lowest BCUT2D eigenvalue weighted by Gasteiger charge is -2.47. The third-order valence-electron chi connectivity index (χ3n) is 9.85. The van der Waals surface area contributed by atoms with Crippen molar-refractivity contribution in [3.8, 4) is 0 Å². The van der Waals surface area contributed by atoms with Gasteiger partial charge in [0.2, 0.25) is 0 Å². The summed E-state index contributed by atoms with van der Waals surface area (Å²) in [6.07, 6.45) is -3.61. The largest absolute Gasteiger partial charge is 0.416 e. The highest BCUT2D eigenvalue weighted by atomic mass is 35.5. The predicted octanol–water partition coefficient (Wildman–Crippen LogP) is 6.57. The first kappa shape index (κ1) is 36.3. The lowest BCUT2D eigenvalue weighted by Crippen LogP contribution is -2.58. The van der Waals surface area contributed by atoms with Gasteiger partial charge in [-0.25, -0.2) is 4.98 Å². The van der Waals surface area contributed by atoms with E-state index in [0.717, 1.165) is 38.2 Å². The number of hydrogen-bond acceptors (Lipinski definition) is 6. The maximum Gasteiger partial charge on any atom is 0.416 e. The molecule has 0 bridgehead atoms. The van der Waals surface area contributed by atoms with Crippen LogP contribution in [0.2, 0.25) is 10.0 Å². The van der Waals surface area contributed by atoms with Crippen molar-refractivity contribution in [2.45, 2.75) is 56.2 Å². The van der Waals surface area contributed by atoms with Crippen LogP contribution in [0, 0.1) is 0 Å². The second-order valence-corrected chi connectivity index (χ2v) is 13.7. The summed E-state index contributed by atoms with van der Waals surface area (Å²) in [5.74, 6) is -1.04. The van der Waals surface area contributed by atoms with Crippen molar-refractivity contribution in [1.82, 2.24) is 29.6 Å². The summed E-state index contributed by atoms with van der Waals surface area (Å²) < 4.78 is 81.8. The number of piperidine rings is 1. The molecular weight excluding hydrogens is 709 g/mol. The first-order chi connectivity index (χ1) is 23.7. The maximum atomic E-state index is 13.8. The number of amides is 2. The summed E-state index contributed by atoms with van der Waals surface area (Å²) in [5, 5.41) is 0.622. The van der Waals surface area contributed by atoms with E-state index in [1.807, 2.05) is 0 Å². The molecule has 16 heteroatoms. The number of piperazine rings is 1. The Labute approximate surface area is 294 Å². The molecule has 50 heavy (non-hydrogen) atoms. The average molecular weight is 744 g/mol. The van der Waals surface area contributed by atoms with Gasteiger partial charge in [0.25, 0.3) is 11.8 Å². The zero-order valence-electron chi connectivity index (χ0n) is 26.7. The van der Waals surface area contributed by atoms with Crippen LogP contribution in [0.4, 0.5) is 26.3 Å². The average Bonchev–Trinajstić information content (AvgIpc) is 3.59. The van der Waals surface area contributed by atoms with Crippen LogP contribution in [0.1, 0.15) is 56.8 Å². The highest BCUT2D eigenvalue weighted by Gasteiger charge is 2.41. The fourth-order valence-electron chi connectivity index (χ4n) is 7.27. The van der Waals surface area contributed by atoms with E-state index in [0.29, 0.717) is 53.8 Å². The predicted molar refractivity (Wildman–Crippen MR) is 174 cm³/mol. The van der Waals surface area contributed by atoms with Gasteiger partial charge < -0.3 is 9.80 Å². The van der Waals surface area contributed by atoms with Crippen LogP contribution in [0.3, 0.4) is 0 Å². The van der Waals surface area contributed by atoms with Gasteiger partial charge in [-0.2, -0.15) is 26.3 Å². The molecule has 3 aromatic rings. The molecule has 0 aliphatic carbocycles. The third kappa shape index (κ3) is 8.19. The van der Waals surface area contributed by atoms with Crippen LogP contribution in [0.15, 0.2) is 55.0 Å². The number of rotatable bonds is 6. The Hall–Kier alpha value is -3.46. The summed E-state index contributed by atoms with van der Waals surface area (Å²) in [6.45, 7) is 4.35. The summed E-state index contributed by atoms with van der Waals surface area (Å²) in [7, 11) is 0. The smallest absolute Gasteiger partial charge is 0.336 e. The Kier molecular flexibility index (Phi) is 10.6. The molecule has 3 fully saturated rings. The SMILES string of the molecule is O=C(c1cnccn1)N1CC[C@@H](N2CCN(C3CCN(C(=O)c4cc(C(F)(F)F)cc(C(F)(F)F)c4)C(Cc4ccc(Cl)c(Cl)c4)C3)CC2)C1. The topological polar surface area (TPSA) is 72.9 Å². The lowest BCUT2D eigenvalue weighted by atomic mass is 9.90. The van der Waals surface area contributed by atoms with Gasteiger partial charge in [-0.1, -0.05) is 29.3 Å². The molecule has 3 aliphatic rings. The van der Waals surface area contributed by atoms with Crippen LogP contribution in [-0.2, 0) is 18.8 Å². The number of benzene rings is 2. The highest BCUT2D eigenvalue weighted by molar-refractivity contribution is 6.42. The second-order valence-electron chi connectivity index (χ2n) is 12.9. The van der Waals surface area contributed by atoms with Gasteiger partial charge >= 0.3 is 12.4 Å². The molecule has 3 saturated heterocycles. The molecule has 2 aromatic carbocycles. The fourth-order valence-corrected chi connectivity index (χ4v) is 7.59. The number of carbonyl (C=O) groups excluding carboxylic acids is 2. The van der Waals surface area contributed by atoms with Gasteiger partial charge in [0.05, 0.1) is 27.4 Å². The van der Waals surface area contributed by atoms with E-state index in [4.69, 9.17) is 23.2 Å². The van der Waals surface area contributed by atoms with Crippen LogP contribution in [0.5, 0.6) is 0 Å². The minimum Gasteiger partial charge on any atom is -0.336 e. The summed E-state index contributed by atoms with van der Waals surface area (Å²) in [5.41, 5.74) is -2.69. The monoisotopic (exact) mass is 742 g/mol. The molecular formula is C34H34Cl2F6N6O2. The van der Waals surface area contributed by atoms with Crippen molar-refractivity contribution in [1.29, 1.82) is 0 Å². The normalized spacial score (nSPS) is 22.6. The molecule has 0 N–H and O–H groups in total. The van der Waals surface area contributed by atoms with E-state index >= 15 is 0 Å².